The summed E-state index contributed by atoms with van der Waals surface area (Å²) in [5.41, 5.74) is 2.78. The fourth-order valence-corrected chi connectivity index (χ4v) is 4.76. The van der Waals surface area contributed by atoms with Gasteiger partial charge in [0.25, 0.3) is 0 Å². The molecule has 0 aromatic heterocycles. The van der Waals surface area contributed by atoms with Crippen LogP contribution in [0, 0.1) is 12.7 Å². The Balaban J connectivity index is 2.03. The van der Waals surface area contributed by atoms with Gasteiger partial charge in [0.15, 0.2) is 0 Å². The monoisotopic (exact) mass is 511 g/mol. The van der Waals surface area contributed by atoms with Gasteiger partial charge in [-0.3, -0.25) is 13.9 Å². The Hall–Kier alpha value is -3.72. The summed E-state index contributed by atoms with van der Waals surface area (Å²) in [5, 5.41) is 2.64. The van der Waals surface area contributed by atoms with E-state index >= 15 is 0 Å². The van der Waals surface area contributed by atoms with E-state index in [-0.39, 0.29) is 24.6 Å². The maximum absolute atomic E-state index is 13.8. The van der Waals surface area contributed by atoms with Crippen molar-refractivity contribution >= 4 is 27.5 Å². The lowest BCUT2D eigenvalue weighted by molar-refractivity contribution is -0.139. The molecule has 0 heterocycles. The number of hydrogen-bond donors (Lipinski definition) is 1. The number of hydrogen-bond acceptors (Lipinski definition) is 4. The van der Waals surface area contributed by atoms with Crippen molar-refractivity contribution in [3.63, 3.8) is 0 Å². The average molecular weight is 512 g/mol. The molecule has 2 amide bonds. The summed E-state index contributed by atoms with van der Waals surface area (Å²) in [6, 6.07) is 20.8. The molecule has 0 saturated carbocycles. The SMILES string of the molecule is CNC(=O)[C@H](Cc1ccccc1)N(Cc1ccccc1C)C(=O)CN(c1ccc(F)cc1)S(C)(=O)=O. The minimum Gasteiger partial charge on any atom is -0.357 e. The standard InChI is InChI=1S/C27H30FN3O4S/c1-20-9-7-8-12-22(20)18-30(25(27(33)29-2)17-21-10-5-4-6-11-21)26(32)19-31(36(3,34)35)24-15-13-23(28)14-16-24/h4-16,25H,17-19H2,1-3H3,(H,29,33)/t25-/m0/s1. The molecule has 3 rings (SSSR count). The highest BCUT2D eigenvalue weighted by Crippen LogP contribution is 2.21. The Kier molecular flexibility index (Phi) is 8.82. The molecule has 9 heteroatoms. The van der Waals surface area contributed by atoms with Gasteiger partial charge >= 0.3 is 0 Å². The summed E-state index contributed by atoms with van der Waals surface area (Å²) in [4.78, 5) is 28.2. The van der Waals surface area contributed by atoms with Gasteiger partial charge in [-0.2, -0.15) is 0 Å². The zero-order chi connectivity index (χ0) is 26.3. The number of nitrogens with zero attached hydrogens (tertiary/aromatic N) is 2. The number of anilines is 1. The van der Waals surface area contributed by atoms with Crippen molar-refractivity contribution in [3.05, 3.63) is 101 Å². The third-order valence-corrected chi connectivity index (χ3v) is 7.05. The van der Waals surface area contributed by atoms with Crippen LogP contribution < -0.4 is 9.62 Å². The van der Waals surface area contributed by atoms with Crippen LogP contribution in [-0.2, 0) is 32.6 Å². The van der Waals surface area contributed by atoms with Gasteiger partial charge in [0.2, 0.25) is 21.8 Å². The predicted octanol–water partition coefficient (Wildman–Crippen LogP) is 3.29. The van der Waals surface area contributed by atoms with Crippen LogP contribution in [0.2, 0.25) is 0 Å². The van der Waals surface area contributed by atoms with E-state index in [9.17, 15) is 22.4 Å². The molecular formula is C27H30FN3O4S. The van der Waals surface area contributed by atoms with Crippen LogP contribution in [0.25, 0.3) is 0 Å². The zero-order valence-corrected chi connectivity index (χ0v) is 21.3. The normalized spacial score (nSPS) is 12.0. The molecule has 1 atom stereocenters. The van der Waals surface area contributed by atoms with E-state index in [4.69, 9.17) is 0 Å². The third kappa shape index (κ3) is 6.91. The van der Waals surface area contributed by atoms with Crippen LogP contribution in [-0.4, -0.2) is 51.0 Å². The van der Waals surface area contributed by atoms with Gasteiger partial charge in [0.05, 0.1) is 11.9 Å². The van der Waals surface area contributed by atoms with Crippen molar-refractivity contribution in [2.24, 2.45) is 0 Å². The molecule has 7 nitrogen and oxygen atoms in total. The van der Waals surface area contributed by atoms with Crippen LogP contribution in [0.4, 0.5) is 10.1 Å². The van der Waals surface area contributed by atoms with E-state index in [2.05, 4.69) is 5.32 Å². The molecule has 3 aromatic carbocycles. The largest absolute Gasteiger partial charge is 0.357 e. The highest BCUT2D eigenvalue weighted by Gasteiger charge is 2.32. The highest BCUT2D eigenvalue weighted by atomic mass is 32.2. The van der Waals surface area contributed by atoms with E-state index in [1.165, 1.54) is 24.1 Å². The van der Waals surface area contributed by atoms with Gasteiger partial charge in [-0.15, -0.1) is 0 Å². The molecule has 1 N–H and O–H groups in total. The molecule has 0 aliphatic rings. The van der Waals surface area contributed by atoms with E-state index < -0.39 is 34.3 Å². The molecule has 190 valence electrons. The second kappa shape index (κ2) is 11.8. The zero-order valence-electron chi connectivity index (χ0n) is 20.5. The fourth-order valence-electron chi connectivity index (χ4n) is 3.91. The van der Waals surface area contributed by atoms with E-state index in [1.807, 2.05) is 61.5 Å². The lowest BCUT2D eigenvalue weighted by atomic mass is 10.0. The number of halogens is 1. The molecule has 0 spiro atoms. The van der Waals surface area contributed by atoms with Crippen molar-refractivity contribution in [1.29, 1.82) is 0 Å². The molecule has 36 heavy (non-hydrogen) atoms. The van der Waals surface area contributed by atoms with Crippen LogP contribution in [0.15, 0.2) is 78.9 Å². The molecule has 3 aromatic rings. The van der Waals surface area contributed by atoms with Crippen molar-refractivity contribution in [2.75, 3.05) is 24.2 Å². The van der Waals surface area contributed by atoms with Crippen LogP contribution in [0.5, 0.6) is 0 Å². The Morgan fingerprint density at radius 2 is 1.56 bits per heavy atom. The average Bonchev–Trinajstić information content (AvgIpc) is 2.85. The van der Waals surface area contributed by atoms with Crippen molar-refractivity contribution < 1.29 is 22.4 Å². The number of rotatable bonds is 10. The second-order valence-corrected chi connectivity index (χ2v) is 10.4. The van der Waals surface area contributed by atoms with Crippen molar-refractivity contribution in [3.8, 4) is 0 Å². The Bertz CT molecular complexity index is 1300. The summed E-state index contributed by atoms with van der Waals surface area (Å²) < 4.78 is 39.6. The minimum absolute atomic E-state index is 0.109. The maximum Gasteiger partial charge on any atom is 0.244 e. The van der Waals surface area contributed by atoms with Crippen molar-refractivity contribution in [1.82, 2.24) is 10.2 Å². The van der Waals surface area contributed by atoms with Gasteiger partial charge in [0.1, 0.15) is 18.4 Å². The summed E-state index contributed by atoms with van der Waals surface area (Å²) in [6.45, 7) is 1.47. The van der Waals surface area contributed by atoms with E-state index in [1.54, 1.807) is 0 Å². The van der Waals surface area contributed by atoms with Gasteiger partial charge in [0, 0.05) is 20.0 Å². The second-order valence-electron chi connectivity index (χ2n) is 8.51. The molecule has 0 saturated heterocycles. The van der Waals surface area contributed by atoms with Crippen LogP contribution in [0.3, 0.4) is 0 Å². The number of likely N-dealkylation sites (N-methyl/N-ethyl adjacent to an activating group) is 1. The van der Waals surface area contributed by atoms with Gasteiger partial charge < -0.3 is 10.2 Å². The van der Waals surface area contributed by atoms with Gasteiger partial charge in [-0.05, 0) is 47.9 Å². The maximum atomic E-state index is 13.8. The lowest BCUT2D eigenvalue weighted by Crippen LogP contribution is -2.53. The molecular weight excluding hydrogens is 481 g/mol. The number of sulfonamides is 1. The van der Waals surface area contributed by atoms with Crippen molar-refractivity contribution in [2.45, 2.75) is 25.9 Å². The summed E-state index contributed by atoms with van der Waals surface area (Å²) in [6.07, 6.45) is 1.23. The van der Waals surface area contributed by atoms with Gasteiger partial charge in [-0.25, -0.2) is 12.8 Å². The summed E-state index contributed by atoms with van der Waals surface area (Å²) in [5.74, 6) is -1.45. The van der Waals surface area contributed by atoms with E-state index in [0.29, 0.717) is 0 Å². The smallest absolute Gasteiger partial charge is 0.244 e. The fraction of sp³-hybridized carbons (Fsp3) is 0.259. The molecule has 0 radical (unpaired) electrons. The molecule has 0 bridgehead atoms. The number of nitrogens with one attached hydrogen (secondary N) is 1. The number of aryl methyl sites for hydroxylation is 1. The molecule has 0 aliphatic heterocycles. The first-order valence-electron chi connectivity index (χ1n) is 11.4. The van der Waals surface area contributed by atoms with Crippen LogP contribution >= 0.6 is 0 Å². The Morgan fingerprint density at radius 1 is 0.944 bits per heavy atom. The van der Waals surface area contributed by atoms with E-state index in [0.717, 1.165) is 39.4 Å². The quantitative estimate of drug-likeness (QED) is 0.453. The molecule has 0 aliphatic carbocycles. The first-order valence-corrected chi connectivity index (χ1v) is 13.3. The first-order chi connectivity index (χ1) is 17.1. The molecule has 0 unspecified atom stereocenters. The topological polar surface area (TPSA) is 86.8 Å². The third-order valence-electron chi connectivity index (χ3n) is 5.91. The number of carbonyl (C=O) groups is 2. The highest BCUT2D eigenvalue weighted by molar-refractivity contribution is 7.92. The number of benzene rings is 3. The number of carbonyl (C=O) groups excluding carboxylic acids is 2. The lowest BCUT2D eigenvalue weighted by Gasteiger charge is -2.33. The Morgan fingerprint density at radius 3 is 2.14 bits per heavy atom. The van der Waals surface area contributed by atoms with Crippen LogP contribution in [0.1, 0.15) is 16.7 Å². The first kappa shape index (κ1) is 26.9. The Labute approximate surface area is 211 Å². The minimum atomic E-state index is -3.89. The summed E-state index contributed by atoms with van der Waals surface area (Å²) in [7, 11) is -2.39. The predicted molar refractivity (Wildman–Crippen MR) is 138 cm³/mol. The number of amides is 2. The van der Waals surface area contributed by atoms with Gasteiger partial charge in [-0.1, -0.05) is 54.6 Å². The molecule has 0 fully saturated rings. The summed E-state index contributed by atoms with van der Waals surface area (Å²) >= 11 is 0.